The molecule has 2 atom stereocenters. The van der Waals surface area contributed by atoms with Crippen LogP contribution in [0, 0.1) is 0 Å². The van der Waals surface area contributed by atoms with E-state index in [4.69, 9.17) is 13.7 Å². The van der Waals surface area contributed by atoms with Gasteiger partial charge in [-0.25, -0.2) is 4.79 Å². The summed E-state index contributed by atoms with van der Waals surface area (Å²) in [4.78, 5) is 12.3. The van der Waals surface area contributed by atoms with Crippen LogP contribution < -0.4 is 0 Å². The molecule has 1 saturated heterocycles. The number of hydrogen-bond acceptors (Lipinski definition) is 6. The third kappa shape index (κ3) is 5.04. The first kappa shape index (κ1) is 19.4. The van der Waals surface area contributed by atoms with E-state index in [0.29, 0.717) is 4.31 Å². The molecule has 7 nitrogen and oxygen atoms in total. The highest BCUT2D eigenvalue weighted by atomic mass is 32.2. The fraction of sp³-hybridized carbons (Fsp3) is 0.471. The topological polar surface area (TPSA) is 82.1 Å². The zero-order valence-electron chi connectivity index (χ0n) is 14.5. The van der Waals surface area contributed by atoms with Crippen LogP contribution in [0.2, 0.25) is 0 Å². The van der Waals surface area contributed by atoms with E-state index >= 15 is 0 Å². The fourth-order valence-corrected chi connectivity index (χ4v) is 3.47. The van der Waals surface area contributed by atoms with Crippen LogP contribution in [-0.4, -0.2) is 43.2 Å². The SMILES string of the molecule is C=C[C@@H](OCc1ccccc1)[C@@H]1COS(=O)(=O)N1C(=O)OC(C)(C)C. The Labute approximate surface area is 148 Å². The van der Waals surface area contributed by atoms with Gasteiger partial charge in [0.25, 0.3) is 0 Å². The number of carbonyl (C=O) groups excluding carboxylic acids is 1. The number of hydrogen-bond donors (Lipinski definition) is 0. The van der Waals surface area contributed by atoms with Gasteiger partial charge in [-0.1, -0.05) is 36.4 Å². The molecule has 25 heavy (non-hydrogen) atoms. The van der Waals surface area contributed by atoms with Gasteiger partial charge in [0.05, 0.1) is 19.3 Å². The maximum absolute atomic E-state index is 12.3. The Morgan fingerprint density at radius 2 is 2.04 bits per heavy atom. The first-order valence-electron chi connectivity index (χ1n) is 7.84. The molecular weight excluding hydrogens is 346 g/mol. The van der Waals surface area contributed by atoms with Crippen molar-refractivity contribution < 1.29 is 26.9 Å². The number of ether oxygens (including phenoxy) is 2. The minimum Gasteiger partial charge on any atom is -0.443 e. The largest absolute Gasteiger partial charge is 0.443 e. The Hall–Kier alpha value is -1.90. The second kappa shape index (κ2) is 7.55. The normalized spacial score (nSPS) is 20.9. The van der Waals surface area contributed by atoms with Gasteiger partial charge in [-0.05, 0) is 26.3 Å². The minimum absolute atomic E-state index is 0.215. The van der Waals surface area contributed by atoms with Crippen LogP contribution in [-0.2, 0) is 30.6 Å². The number of nitrogens with zero attached hydrogens (tertiary/aromatic N) is 1. The van der Waals surface area contributed by atoms with Gasteiger partial charge in [-0.15, -0.1) is 6.58 Å². The molecule has 0 radical (unpaired) electrons. The second-order valence-corrected chi connectivity index (χ2v) is 8.07. The summed E-state index contributed by atoms with van der Waals surface area (Å²) in [6.45, 7) is 8.67. The molecule has 1 heterocycles. The van der Waals surface area contributed by atoms with Crippen molar-refractivity contribution in [2.45, 2.75) is 45.1 Å². The lowest BCUT2D eigenvalue weighted by Crippen LogP contribution is -2.48. The molecule has 2 rings (SSSR count). The summed E-state index contributed by atoms with van der Waals surface area (Å²) in [7, 11) is -4.21. The molecule has 0 N–H and O–H groups in total. The zero-order valence-corrected chi connectivity index (χ0v) is 15.4. The van der Waals surface area contributed by atoms with Crippen LogP contribution in [0.4, 0.5) is 4.79 Å². The van der Waals surface area contributed by atoms with E-state index in [-0.39, 0.29) is 13.2 Å². The highest BCUT2D eigenvalue weighted by Gasteiger charge is 2.47. The molecule has 1 aliphatic heterocycles. The van der Waals surface area contributed by atoms with E-state index in [2.05, 4.69) is 6.58 Å². The van der Waals surface area contributed by atoms with E-state index in [1.54, 1.807) is 20.8 Å². The summed E-state index contributed by atoms with van der Waals surface area (Å²) in [6.07, 6.45) is -0.273. The summed E-state index contributed by atoms with van der Waals surface area (Å²) in [5.41, 5.74) is 0.0776. The number of benzene rings is 1. The summed E-state index contributed by atoms with van der Waals surface area (Å²) in [6, 6.07) is 8.52. The Bertz CT molecular complexity index is 710. The molecule has 0 aromatic heterocycles. The van der Waals surface area contributed by atoms with Crippen molar-refractivity contribution in [1.29, 1.82) is 0 Å². The van der Waals surface area contributed by atoms with Gasteiger partial charge in [0.2, 0.25) is 0 Å². The average molecular weight is 369 g/mol. The van der Waals surface area contributed by atoms with Crippen molar-refractivity contribution in [3.63, 3.8) is 0 Å². The van der Waals surface area contributed by atoms with Gasteiger partial charge in [-0.3, -0.25) is 4.18 Å². The van der Waals surface area contributed by atoms with E-state index in [9.17, 15) is 13.2 Å². The Kier molecular flexibility index (Phi) is 5.87. The van der Waals surface area contributed by atoms with Crippen LogP contribution in [0.3, 0.4) is 0 Å². The van der Waals surface area contributed by atoms with Crippen LogP contribution >= 0.6 is 0 Å². The highest BCUT2D eigenvalue weighted by molar-refractivity contribution is 7.85. The predicted octanol–water partition coefficient (Wildman–Crippen LogP) is 2.64. The van der Waals surface area contributed by atoms with Gasteiger partial charge >= 0.3 is 16.4 Å². The maximum Gasteiger partial charge on any atom is 0.426 e. The minimum atomic E-state index is -4.21. The number of rotatable bonds is 5. The predicted molar refractivity (Wildman–Crippen MR) is 91.9 cm³/mol. The molecule has 0 spiro atoms. The van der Waals surface area contributed by atoms with E-state index < -0.39 is 34.1 Å². The zero-order chi connectivity index (χ0) is 18.7. The molecule has 0 saturated carbocycles. The molecule has 8 heteroatoms. The molecule has 0 unspecified atom stereocenters. The summed E-state index contributed by atoms with van der Waals surface area (Å²) >= 11 is 0. The average Bonchev–Trinajstić information content (AvgIpc) is 2.83. The van der Waals surface area contributed by atoms with Gasteiger partial charge in [0.1, 0.15) is 11.6 Å². The lowest BCUT2D eigenvalue weighted by atomic mass is 10.1. The summed E-state index contributed by atoms with van der Waals surface area (Å²) < 4.78 is 40.5. The molecule has 1 amide bonds. The molecule has 1 aromatic carbocycles. The molecule has 0 aliphatic carbocycles. The number of carbonyl (C=O) groups is 1. The van der Waals surface area contributed by atoms with Gasteiger partial charge in [0.15, 0.2) is 0 Å². The van der Waals surface area contributed by atoms with Gasteiger partial charge in [0, 0.05) is 0 Å². The van der Waals surface area contributed by atoms with Gasteiger partial charge in [-0.2, -0.15) is 12.7 Å². The van der Waals surface area contributed by atoms with E-state index in [1.165, 1.54) is 6.08 Å². The quantitative estimate of drug-likeness (QED) is 0.742. The van der Waals surface area contributed by atoms with Crippen molar-refractivity contribution in [2.75, 3.05) is 6.61 Å². The van der Waals surface area contributed by atoms with Crippen LogP contribution in [0.1, 0.15) is 26.3 Å². The molecule has 1 aromatic rings. The fourth-order valence-electron chi connectivity index (χ4n) is 2.31. The first-order valence-corrected chi connectivity index (χ1v) is 9.20. The smallest absolute Gasteiger partial charge is 0.426 e. The van der Waals surface area contributed by atoms with Crippen molar-refractivity contribution in [3.8, 4) is 0 Å². The second-order valence-electron chi connectivity index (χ2n) is 6.58. The maximum atomic E-state index is 12.3. The lowest BCUT2D eigenvalue weighted by Gasteiger charge is -2.28. The molecular formula is C17H23NO6S. The standard InChI is InChI=1S/C17H23NO6S/c1-5-15(22-11-13-9-7-6-8-10-13)14-12-23-25(20,21)18(14)16(19)24-17(2,3)4/h5-10,14-15H,1,11-12H2,2-4H3/t14-,15+/m0/s1. The Balaban J connectivity index is 2.15. The first-order chi connectivity index (χ1) is 11.6. The number of amides is 1. The van der Waals surface area contributed by atoms with E-state index in [0.717, 1.165) is 5.56 Å². The summed E-state index contributed by atoms with van der Waals surface area (Å²) in [5.74, 6) is 0. The summed E-state index contributed by atoms with van der Waals surface area (Å²) in [5, 5.41) is 0. The third-order valence-electron chi connectivity index (χ3n) is 3.40. The third-order valence-corrected chi connectivity index (χ3v) is 4.74. The Morgan fingerprint density at radius 3 is 2.60 bits per heavy atom. The molecule has 0 bridgehead atoms. The van der Waals surface area contributed by atoms with Crippen LogP contribution in [0.15, 0.2) is 43.0 Å². The van der Waals surface area contributed by atoms with Crippen molar-refractivity contribution >= 4 is 16.4 Å². The molecule has 1 fully saturated rings. The van der Waals surface area contributed by atoms with Crippen LogP contribution in [0.5, 0.6) is 0 Å². The van der Waals surface area contributed by atoms with Crippen molar-refractivity contribution in [3.05, 3.63) is 48.6 Å². The van der Waals surface area contributed by atoms with Crippen molar-refractivity contribution in [2.24, 2.45) is 0 Å². The van der Waals surface area contributed by atoms with Gasteiger partial charge < -0.3 is 9.47 Å². The molecule has 1 aliphatic rings. The monoisotopic (exact) mass is 369 g/mol. The van der Waals surface area contributed by atoms with Crippen LogP contribution in [0.25, 0.3) is 0 Å². The highest BCUT2D eigenvalue weighted by Crippen LogP contribution is 2.26. The Morgan fingerprint density at radius 1 is 1.40 bits per heavy atom. The van der Waals surface area contributed by atoms with E-state index in [1.807, 2.05) is 30.3 Å². The molecule has 138 valence electrons. The lowest BCUT2D eigenvalue weighted by molar-refractivity contribution is 0.00468. The van der Waals surface area contributed by atoms with Crippen molar-refractivity contribution in [1.82, 2.24) is 4.31 Å².